The molecular weight excluding hydrogens is 378 g/mol. The summed E-state index contributed by atoms with van der Waals surface area (Å²) in [5.74, 6) is 0.476. The minimum absolute atomic E-state index is 0.397. The van der Waals surface area contributed by atoms with Crippen molar-refractivity contribution in [3.05, 3.63) is 41.5 Å². The van der Waals surface area contributed by atoms with Gasteiger partial charge in [0.25, 0.3) is 0 Å². The summed E-state index contributed by atoms with van der Waals surface area (Å²) in [5, 5.41) is 4.39. The van der Waals surface area contributed by atoms with Crippen LogP contribution in [0.15, 0.2) is 40.2 Å². The molecule has 144 valence electrons. The first-order valence-corrected chi connectivity index (χ1v) is 9.87. The molecule has 1 unspecified atom stereocenters. The Morgan fingerprint density at radius 2 is 2.14 bits per heavy atom. The number of thioether (sulfide) groups is 1. The number of hydrogen-bond donors (Lipinski definition) is 1. The van der Waals surface area contributed by atoms with Gasteiger partial charge in [0.2, 0.25) is 6.23 Å². The van der Waals surface area contributed by atoms with Crippen LogP contribution in [0, 0.1) is 0 Å². The van der Waals surface area contributed by atoms with Gasteiger partial charge in [0.05, 0.1) is 19.9 Å². The molecule has 1 atom stereocenters. The number of hydrogen-bond acceptors (Lipinski definition) is 8. The molecule has 0 aliphatic carbocycles. The average Bonchev–Trinajstić information content (AvgIpc) is 3.25. The Hall–Kier alpha value is -2.87. The van der Waals surface area contributed by atoms with Gasteiger partial charge in [0, 0.05) is 29.2 Å². The van der Waals surface area contributed by atoms with E-state index in [0.717, 1.165) is 41.6 Å². The number of methoxy groups -OCH3 is 2. The lowest BCUT2D eigenvalue weighted by Crippen LogP contribution is -2.30. The van der Waals surface area contributed by atoms with Crippen LogP contribution in [0.1, 0.15) is 28.6 Å². The second-order valence-electron chi connectivity index (χ2n) is 6.65. The Labute approximate surface area is 166 Å². The number of anilines is 2. The number of ether oxygens (including phenoxy) is 3. The van der Waals surface area contributed by atoms with Gasteiger partial charge in [-0.1, -0.05) is 0 Å². The Morgan fingerprint density at radius 1 is 1.25 bits per heavy atom. The van der Waals surface area contributed by atoms with E-state index in [-0.39, 0.29) is 0 Å². The second-order valence-corrected chi connectivity index (χ2v) is 7.66. The summed E-state index contributed by atoms with van der Waals surface area (Å²) in [6.45, 7) is 1.86. The van der Waals surface area contributed by atoms with Crippen molar-refractivity contribution < 1.29 is 19.0 Å². The Balaban J connectivity index is 1.46. The van der Waals surface area contributed by atoms with Crippen LogP contribution in [0.25, 0.3) is 0 Å². The molecule has 0 spiro atoms. The van der Waals surface area contributed by atoms with E-state index >= 15 is 0 Å². The van der Waals surface area contributed by atoms with Gasteiger partial charge in [-0.2, -0.15) is 0 Å². The third-order valence-corrected chi connectivity index (χ3v) is 6.15. The van der Waals surface area contributed by atoms with E-state index in [1.54, 1.807) is 24.9 Å². The predicted molar refractivity (Wildman–Crippen MR) is 108 cm³/mol. The summed E-state index contributed by atoms with van der Waals surface area (Å²) < 4.78 is 16.3. The van der Waals surface area contributed by atoms with Crippen molar-refractivity contribution in [2.45, 2.75) is 17.5 Å². The highest BCUT2D eigenvalue weighted by Crippen LogP contribution is 2.45. The Bertz CT molecular complexity index is 1010. The van der Waals surface area contributed by atoms with E-state index in [1.807, 2.05) is 12.1 Å². The maximum absolute atomic E-state index is 12.5. The quantitative estimate of drug-likeness (QED) is 0.790. The van der Waals surface area contributed by atoms with E-state index in [0.29, 0.717) is 17.1 Å². The lowest BCUT2D eigenvalue weighted by atomic mass is 10.1. The molecule has 0 fully saturated rings. The summed E-state index contributed by atoms with van der Waals surface area (Å²) in [6.07, 6.45) is 0.472. The molecular formula is C20H19N3O4S. The van der Waals surface area contributed by atoms with Crippen molar-refractivity contribution in [1.82, 2.24) is 0 Å². The normalized spacial score (nSPS) is 19.4. The molecule has 1 N–H and O–H groups in total. The molecule has 2 aromatic rings. The zero-order valence-electron chi connectivity index (χ0n) is 15.5. The second kappa shape index (κ2) is 6.63. The van der Waals surface area contributed by atoms with Crippen LogP contribution in [0.4, 0.5) is 11.4 Å². The highest BCUT2D eigenvalue weighted by Gasteiger charge is 2.36. The molecule has 5 rings (SSSR count). The fourth-order valence-corrected chi connectivity index (χ4v) is 4.82. The maximum Gasteiger partial charge on any atom is 0.344 e. The smallest absolute Gasteiger partial charge is 0.344 e. The molecule has 8 heteroatoms. The number of fused-ring (bicyclic) bond motifs is 4. The first-order valence-electron chi connectivity index (χ1n) is 9.06. The molecule has 3 aliphatic rings. The number of esters is 1. The number of nitrogens with zero attached hydrogens (tertiary/aromatic N) is 2. The van der Waals surface area contributed by atoms with Crippen LogP contribution >= 0.6 is 11.8 Å². The lowest BCUT2D eigenvalue weighted by Gasteiger charge is -2.23. The van der Waals surface area contributed by atoms with Crippen LogP contribution < -0.4 is 19.7 Å². The topological polar surface area (TPSA) is 72.4 Å². The summed E-state index contributed by atoms with van der Waals surface area (Å²) in [5.41, 5.74) is 3.16. The first kappa shape index (κ1) is 17.2. The Morgan fingerprint density at radius 3 is 2.96 bits per heavy atom. The molecule has 28 heavy (non-hydrogen) atoms. The van der Waals surface area contributed by atoms with Crippen molar-refractivity contribution in [2.24, 2.45) is 4.99 Å². The summed E-state index contributed by atoms with van der Waals surface area (Å²) in [7, 11) is 3.06. The van der Waals surface area contributed by atoms with E-state index < -0.39 is 12.2 Å². The van der Waals surface area contributed by atoms with Crippen molar-refractivity contribution in [3.63, 3.8) is 0 Å². The van der Waals surface area contributed by atoms with Gasteiger partial charge in [0.1, 0.15) is 5.56 Å². The lowest BCUT2D eigenvalue weighted by molar-refractivity contribution is 0.0435. The van der Waals surface area contributed by atoms with Crippen LogP contribution in [0.5, 0.6) is 11.5 Å². The molecule has 3 heterocycles. The van der Waals surface area contributed by atoms with E-state index in [4.69, 9.17) is 14.2 Å². The molecule has 0 bridgehead atoms. The van der Waals surface area contributed by atoms with Gasteiger partial charge in [-0.15, -0.1) is 0 Å². The minimum Gasteiger partial charge on any atom is -0.493 e. The van der Waals surface area contributed by atoms with E-state index in [9.17, 15) is 4.79 Å². The van der Waals surface area contributed by atoms with Gasteiger partial charge in [0.15, 0.2) is 16.7 Å². The van der Waals surface area contributed by atoms with Gasteiger partial charge in [-0.25, -0.2) is 4.79 Å². The number of aliphatic imine (C=N–C) groups is 1. The molecule has 7 nitrogen and oxygen atoms in total. The largest absolute Gasteiger partial charge is 0.493 e. The molecule has 0 radical (unpaired) electrons. The average molecular weight is 397 g/mol. The van der Waals surface area contributed by atoms with Crippen molar-refractivity contribution >= 4 is 34.3 Å². The number of benzene rings is 2. The molecule has 0 saturated heterocycles. The number of cyclic esters (lactones) is 1. The fraction of sp³-hybridized carbons (Fsp3) is 0.300. The van der Waals surface area contributed by atoms with E-state index in [1.165, 1.54) is 12.0 Å². The number of nitrogens with one attached hydrogen (secondary N) is 1. The predicted octanol–water partition coefficient (Wildman–Crippen LogP) is 3.66. The first-order chi connectivity index (χ1) is 13.7. The standard InChI is InChI=1S/C20H19N3O4S/c1-25-14-6-5-12-16(17(14)26-2)19(24)27-18(12)22-11-4-7-15-13(10-11)23-9-3-8-21-20(23)28-15/h4-7,10,18,22H,3,8-9H2,1-2H3. The number of rotatable bonds is 4. The molecule has 2 aromatic carbocycles. The van der Waals surface area contributed by atoms with Crippen molar-refractivity contribution in [1.29, 1.82) is 0 Å². The number of carbonyl (C=O) groups is 1. The van der Waals surface area contributed by atoms with Gasteiger partial charge in [-0.05, 0) is 48.5 Å². The highest BCUT2D eigenvalue weighted by molar-refractivity contribution is 8.14. The van der Waals surface area contributed by atoms with Gasteiger partial charge in [-0.3, -0.25) is 4.99 Å². The van der Waals surface area contributed by atoms with Gasteiger partial charge >= 0.3 is 5.97 Å². The fourth-order valence-electron chi connectivity index (χ4n) is 3.76. The van der Waals surface area contributed by atoms with E-state index in [2.05, 4.69) is 27.3 Å². The molecule has 3 aliphatic heterocycles. The molecule has 0 saturated carbocycles. The maximum atomic E-state index is 12.5. The van der Waals surface area contributed by atoms with Crippen LogP contribution in [0.3, 0.4) is 0 Å². The Kier molecular flexibility index (Phi) is 4.08. The zero-order valence-corrected chi connectivity index (χ0v) is 16.3. The van der Waals surface area contributed by atoms with Gasteiger partial charge < -0.3 is 24.4 Å². The summed E-state index contributed by atoms with van der Waals surface area (Å²) in [6, 6.07) is 9.78. The SMILES string of the molecule is COc1ccc2c(c1OC)C(=O)OC2Nc1ccc2c(c1)N1CCCN=C1S2. The van der Waals surface area contributed by atoms with Crippen molar-refractivity contribution in [3.8, 4) is 11.5 Å². The molecule has 0 amide bonds. The van der Waals surface area contributed by atoms with Crippen LogP contribution in [-0.4, -0.2) is 38.4 Å². The van der Waals surface area contributed by atoms with Crippen molar-refractivity contribution in [2.75, 3.05) is 37.5 Å². The third-order valence-electron chi connectivity index (χ3n) is 5.06. The minimum atomic E-state index is -0.580. The highest BCUT2D eigenvalue weighted by atomic mass is 32.2. The molecule has 0 aromatic heterocycles. The van der Waals surface area contributed by atoms with Crippen LogP contribution in [0.2, 0.25) is 0 Å². The third kappa shape index (κ3) is 2.59. The summed E-state index contributed by atoms with van der Waals surface area (Å²) in [4.78, 5) is 20.5. The number of carbonyl (C=O) groups excluding carboxylic acids is 1. The number of amidine groups is 1. The monoisotopic (exact) mass is 397 g/mol. The zero-order chi connectivity index (χ0) is 19.3. The summed E-state index contributed by atoms with van der Waals surface area (Å²) >= 11 is 1.70. The van der Waals surface area contributed by atoms with Crippen LogP contribution in [-0.2, 0) is 4.74 Å².